The van der Waals surface area contributed by atoms with Crippen LogP contribution in [0.4, 0.5) is 10.5 Å². The third-order valence-electron chi connectivity index (χ3n) is 4.48. The predicted molar refractivity (Wildman–Crippen MR) is 114 cm³/mol. The van der Waals surface area contributed by atoms with E-state index in [-0.39, 0.29) is 17.5 Å². The highest BCUT2D eigenvalue weighted by Gasteiger charge is 2.15. The molecule has 0 bridgehead atoms. The van der Waals surface area contributed by atoms with Crippen LogP contribution in [-0.2, 0) is 21.4 Å². The number of ether oxygens (including phenoxy) is 1. The number of carbonyl (C=O) groups excluding carboxylic acids is 1. The van der Waals surface area contributed by atoms with Crippen molar-refractivity contribution in [3.05, 3.63) is 59.2 Å². The minimum Gasteiger partial charge on any atom is -0.383 e. The third-order valence-corrected chi connectivity index (χ3v) is 5.64. The molecule has 1 N–H and O–H groups in total. The average Bonchev–Trinajstić information content (AvgIpc) is 2.69. The van der Waals surface area contributed by atoms with Gasteiger partial charge in [0.25, 0.3) is 0 Å². The Morgan fingerprint density at radius 2 is 1.76 bits per heavy atom. The number of anilines is 1. The van der Waals surface area contributed by atoms with Crippen LogP contribution >= 0.6 is 0 Å². The number of nitrogens with zero attached hydrogens (tertiary/aromatic N) is 1. The summed E-state index contributed by atoms with van der Waals surface area (Å²) in [5.41, 5.74) is 3.84. The van der Waals surface area contributed by atoms with Crippen molar-refractivity contribution in [1.29, 1.82) is 0 Å². The largest absolute Gasteiger partial charge is 0.383 e. The van der Waals surface area contributed by atoms with Crippen molar-refractivity contribution in [2.45, 2.75) is 27.3 Å². The van der Waals surface area contributed by atoms with Crippen molar-refractivity contribution in [2.75, 3.05) is 31.3 Å². The Kier molecular flexibility index (Phi) is 8.04. The predicted octanol–water partition coefficient (Wildman–Crippen LogP) is 3.71. The van der Waals surface area contributed by atoms with Crippen LogP contribution in [-0.4, -0.2) is 45.4 Å². The van der Waals surface area contributed by atoms with Gasteiger partial charge in [-0.1, -0.05) is 18.2 Å². The first-order valence-corrected chi connectivity index (χ1v) is 10.9. The Labute approximate surface area is 172 Å². The summed E-state index contributed by atoms with van der Waals surface area (Å²) in [4.78, 5) is 14.4. The molecule has 0 aliphatic heterocycles. The smallest absolute Gasteiger partial charge is 0.322 e. The number of amides is 2. The number of aryl methyl sites for hydroxylation is 2. The molecule has 0 radical (unpaired) electrons. The molecule has 0 aromatic heterocycles. The highest BCUT2D eigenvalue weighted by Crippen LogP contribution is 2.18. The molecular weight excluding hydrogens is 392 g/mol. The van der Waals surface area contributed by atoms with Gasteiger partial charge in [0.2, 0.25) is 0 Å². The summed E-state index contributed by atoms with van der Waals surface area (Å²) in [6.07, 6.45) is 0. The molecule has 7 nitrogen and oxygen atoms in total. The molecule has 0 saturated heterocycles. The molecule has 0 atom stereocenters. The Hall–Kier alpha value is -2.58. The fraction of sp³-hybridized carbons (Fsp3) is 0.381. The lowest BCUT2D eigenvalue weighted by atomic mass is 10.1. The van der Waals surface area contributed by atoms with Gasteiger partial charge in [0.15, 0.2) is 0 Å². The van der Waals surface area contributed by atoms with Crippen LogP contribution in [0.25, 0.3) is 0 Å². The molecule has 8 heteroatoms. The minimum atomic E-state index is -3.57. The van der Waals surface area contributed by atoms with Gasteiger partial charge in [0.1, 0.15) is 5.75 Å². The summed E-state index contributed by atoms with van der Waals surface area (Å²) in [6, 6.07) is 12.2. The summed E-state index contributed by atoms with van der Waals surface area (Å²) in [6.45, 7) is 6.69. The lowest BCUT2D eigenvalue weighted by molar-refractivity contribution is 0.153. The van der Waals surface area contributed by atoms with Crippen LogP contribution in [0.15, 0.2) is 42.5 Å². The number of hydrogen-bond acceptors (Lipinski definition) is 5. The Bertz CT molecular complexity index is 927. The van der Waals surface area contributed by atoms with Crippen LogP contribution in [0.3, 0.4) is 0 Å². The fourth-order valence-corrected chi connectivity index (χ4v) is 3.07. The van der Waals surface area contributed by atoms with Crippen LogP contribution in [0.1, 0.15) is 23.6 Å². The van der Waals surface area contributed by atoms with E-state index in [0.29, 0.717) is 19.7 Å². The SMILES string of the molecule is CCS(=O)(=O)Oc1ccc(CN(CCOC)C(=O)Nc2ccc(C)c(C)c2)cc1. The van der Waals surface area contributed by atoms with Gasteiger partial charge in [-0.05, 0) is 61.7 Å². The molecular formula is C21H28N2O5S. The number of carbonyl (C=O) groups is 1. The molecule has 0 unspecified atom stereocenters. The van der Waals surface area contributed by atoms with Crippen molar-refractivity contribution in [2.24, 2.45) is 0 Å². The van der Waals surface area contributed by atoms with E-state index >= 15 is 0 Å². The van der Waals surface area contributed by atoms with Crippen LogP contribution < -0.4 is 9.50 Å². The maximum Gasteiger partial charge on any atom is 0.322 e. The Morgan fingerprint density at radius 1 is 1.07 bits per heavy atom. The summed E-state index contributed by atoms with van der Waals surface area (Å²) in [5, 5.41) is 2.92. The molecule has 29 heavy (non-hydrogen) atoms. The van der Waals surface area contributed by atoms with E-state index in [1.165, 1.54) is 6.92 Å². The van der Waals surface area contributed by atoms with Gasteiger partial charge in [-0.15, -0.1) is 0 Å². The van der Waals surface area contributed by atoms with Crippen molar-refractivity contribution in [1.82, 2.24) is 4.90 Å². The van der Waals surface area contributed by atoms with Crippen LogP contribution in [0.5, 0.6) is 5.75 Å². The van der Waals surface area contributed by atoms with Crippen LogP contribution in [0, 0.1) is 13.8 Å². The van der Waals surface area contributed by atoms with Gasteiger partial charge in [0.05, 0.1) is 12.4 Å². The summed E-state index contributed by atoms with van der Waals surface area (Å²) >= 11 is 0. The molecule has 2 aromatic carbocycles. The Balaban J connectivity index is 2.09. The maximum absolute atomic E-state index is 12.8. The second kappa shape index (κ2) is 10.3. The molecule has 0 spiro atoms. The first kappa shape index (κ1) is 22.7. The van der Waals surface area contributed by atoms with Crippen molar-refractivity contribution in [3.8, 4) is 5.75 Å². The lowest BCUT2D eigenvalue weighted by Crippen LogP contribution is -2.36. The van der Waals surface area contributed by atoms with Crippen molar-refractivity contribution in [3.63, 3.8) is 0 Å². The molecule has 158 valence electrons. The third kappa shape index (κ3) is 7.07. The molecule has 0 fully saturated rings. The zero-order valence-corrected chi connectivity index (χ0v) is 18.1. The fourth-order valence-electron chi connectivity index (χ4n) is 2.55. The standard InChI is InChI=1S/C21H28N2O5S/c1-5-29(25,26)28-20-10-7-18(8-11-20)15-23(12-13-27-4)21(24)22-19-9-6-16(2)17(3)14-19/h6-11,14H,5,12-13,15H2,1-4H3,(H,22,24). The van der Waals surface area contributed by atoms with E-state index in [4.69, 9.17) is 8.92 Å². The normalized spacial score (nSPS) is 11.2. The van der Waals surface area contributed by atoms with Gasteiger partial charge in [0, 0.05) is 25.9 Å². The monoisotopic (exact) mass is 420 g/mol. The maximum atomic E-state index is 12.8. The number of urea groups is 1. The summed E-state index contributed by atoms with van der Waals surface area (Å²) < 4.78 is 33.2. The van der Waals surface area contributed by atoms with Gasteiger partial charge in [-0.3, -0.25) is 0 Å². The Morgan fingerprint density at radius 3 is 2.34 bits per heavy atom. The summed E-state index contributed by atoms with van der Waals surface area (Å²) in [5.74, 6) is 0.150. The number of rotatable bonds is 9. The first-order valence-electron chi connectivity index (χ1n) is 9.37. The highest BCUT2D eigenvalue weighted by molar-refractivity contribution is 7.87. The average molecular weight is 421 g/mol. The number of hydrogen-bond donors (Lipinski definition) is 1. The zero-order valence-electron chi connectivity index (χ0n) is 17.3. The molecule has 2 amide bonds. The summed E-state index contributed by atoms with van der Waals surface area (Å²) in [7, 11) is -1.98. The van der Waals surface area contributed by atoms with Crippen LogP contribution in [0.2, 0.25) is 0 Å². The quantitative estimate of drug-likeness (QED) is 0.625. The van der Waals surface area contributed by atoms with Crippen molar-refractivity contribution < 1.29 is 22.1 Å². The van der Waals surface area contributed by atoms with E-state index in [9.17, 15) is 13.2 Å². The molecule has 2 rings (SSSR count). The van der Waals surface area contributed by atoms with E-state index in [0.717, 1.165) is 22.4 Å². The highest BCUT2D eigenvalue weighted by atomic mass is 32.2. The van der Waals surface area contributed by atoms with Gasteiger partial charge in [-0.25, -0.2) is 4.79 Å². The molecule has 2 aromatic rings. The number of nitrogens with one attached hydrogen (secondary N) is 1. The topological polar surface area (TPSA) is 84.9 Å². The zero-order chi connectivity index (χ0) is 21.4. The molecule has 0 saturated carbocycles. The minimum absolute atomic E-state index is 0.0990. The van der Waals surface area contributed by atoms with Gasteiger partial charge in [-0.2, -0.15) is 8.42 Å². The van der Waals surface area contributed by atoms with Gasteiger partial charge >= 0.3 is 16.1 Å². The van der Waals surface area contributed by atoms with E-state index in [1.54, 1.807) is 36.3 Å². The lowest BCUT2D eigenvalue weighted by Gasteiger charge is -2.23. The van der Waals surface area contributed by atoms with Crippen molar-refractivity contribution >= 4 is 21.8 Å². The van der Waals surface area contributed by atoms with E-state index in [2.05, 4.69) is 5.32 Å². The second-order valence-electron chi connectivity index (χ2n) is 6.72. The number of benzene rings is 2. The molecule has 0 aliphatic carbocycles. The van der Waals surface area contributed by atoms with Gasteiger partial charge < -0.3 is 19.1 Å². The van der Waals surface area contributed by atoms with E-state index < -0.39 is 10.1 Å². The van der Waals surface area contributed by atoms with E-state index in [1.807, 2.05) is 32.0 Å². The second-order valence-corrected chi connectivity index (χ2v) is 8.58. The molecule has 0 aliphatic rings. The first-order chi connectivity index (χ1) is 13.7. The number of methoxy groups -OCH3 is 1. The molecule has 0 heterocycles.